The Balaban J connectivity index is 1.27. The van der Waals surface area contributed by atoms with Crippen LogP contribution < -0.4 is 14.8 Å². The zero-order valence-electron chi connectivity index (χ0n) is 19.3. The predicted molar refractivity (Wildman–Crippen MR) is 124 cm³/mol. The molecule has 0 bridgehead atoms. The highest BCUT2D eigenvalue weighted by Gasteiger charge is 2.26. The van der Waals surface area contributed by atoms with Crippen molar-refractivity contribution in [3.8, 4) is 23.0 Å². The summed E-state index contributed by atoms with van der Waals surface area (Å²) in [6.07, 6.45) is 1.59. The molecule has 1 saturated heterocycles. The van der Waals surface area contributed by atoms with Crippen LogP contribution in [-0.4, -0.2) is 48.3 Å². The van der Waals surface area contributed by atoms with Crippen molar-refractivity contribution in [3.63, 3.8) is 0 Å². The van der Waals surface area contributed by atoms with Crippen molar-refractivity contribution in [3.05, 3.63) is 59.4 Å². The Hall–Kier alpha value is -3.39. The SMILES string of the molecule is COc1ccc(OC)c(CNC(=O)C2CCN(Cc3noc(-c4cccc(C)c4)n3)CC2)c1. The number of piperidine rings is 1. The summed E-state index contributed by atoms with van der Waals surface area (Å²) in [6, 6.07) is 13.6. The van der Waals surface area contributed by atoms with E-state index in [-0.39, 0.29) is 11.8 Å². The Morgan fingerprint density at radius 1 is 1.15 bits per heavy atom. The van der Waals surface area contributed by atoms with E-state index >= 15 is 0 Å². The molecule has 174 valence electrons. The smallest absolute Gasteiger partial charge is 0.257 e. The zero-order valence-corrected chi connectivity index (χ0v) is 19.3. The van der Waals surface area contributed by atoms with Gasteiger partial charge in [-0.1, -0.05) is 22.9 Å². The summed E-state index contributed by atoms with van der Waals surface area (Å²) in [5, 5.41) is 7.19. The summed E-state index contributed by atoms with van der Waals surface area (Å²) in [6.45, 7) is 4.69. The second kappa shape index (κ2) is 10.5. The molecule has 1 aliphatic heterocycles. The lowest BCUT2D eigenvalue weighted by Gasteiger charge is -2.30. The first-order chi connectivity index (χ1) is 16.1. The Kier molecular flexibility index (Phi) is 7.24. The number of carbonyl (C=O) groups is 1. The summed E-state index contributed by atoms with van der Waals surface area (Å²) in [5.41, 5.74) is 2.97. The maximum atomic E-state index is 12.7. The Labute approximate surface area is 193 Å². The monoisotopic (exact) mass is 450 g/mol. The Morgan fingerprint density at radius 2 is 1.97 bits per heavy atom. The van der Waals surface area contributed by atoms with E-state index in [9.17, 15) is 4.79 Å². The first kappa shape index (κ1) is 22.8. The number of rotatable bonds is 8. The van der Waals surface area contributed by atoms with E-state index < -0.39 is 0 Å². The van der Waals surface area contributed by atoms with Crippen molar-refractivity contribution in [1.29, 1.82) is 0 Å². The summed E-state index contributed by atoms with van der Waals surface area (Å²) >= 11 is 0. The molecule has 1 fully saturated rings. The molecule has 1 aromatic heterocycles. The molecular formula is C25H30N4O4. The molecule has 0 aliphatic carbocycles. The highest BCUT2D eigenvalue weighted by Crippen LogP contribution is 2.25. The summed E-state index contributed by atoms with van der Waals surface area (Å²) in [7, 11) is 3.24. The van der Waals surface area contributed by atoms with Gasteiger partial charge in [-0.2, -0.15) is 4.98 Å². The lowest BCUT2D eigenvalue weighted by molar-refractivity contribution is -0.126. The van der Waals surface area contributed by atoms with Gasteiger partial charge in [-0.15, -0.1) is 0 Å². The molecule has 8 nitrogen and oxygen atoms in total. The van der Waals surface area contributed by atoms with Gasteiger partial charge in [0.05, 0.1) is 20.8 Å². The van der Waals surface area contributed by atoms with Gasteiger partial charge in [-0.05, 0) is 63.2 Å². The molecule has 1 amide bonds. The van der Waals surface area contributed by atoms with Crippen molar-refractivity contribution < 1.29 is 18.8 Å². The number of nitrogens with one attached hydrogen (secondary N) is 1. The van der Waals surface area contributed by atoms with Crippen LogP contribution in [0.2, 0.25) is 0 Å². The van der Waals surface area contributed by atoms with Crippen LogP contribution in [0.15, 0.2) is 47.0 Å². The minimum atomic E-state index is -0.00836. The Morgan fingerprint density at radius 3 is 2.70 bits per heavy atom. The molecule has 8 heteroatoms. The maximum Gasteiger partial charge on any atom is 0.257 e. The minimum absolute atomic E-state index is 0.00836. The molecule has 0 unspecified atom stereocenters. The van der Waals surface area contributed by atoms with Gasteiger partial charge in [0.1, 0.15) is 11.5 Å². The summed E-state index contributed by atoms with van der Waals surface area (Å²) < 4.78 is 16.1. The van der Waals surface area contributed by atoms with E-state index in [1.165, 1.54) is 0 Å². The van der Waals surface area contributed by atoms with Crippen LogP contribution in [0, 0.1) is 12.8 Å². The van der Waals surface area contributed by atoms with Crippen LogP contribution in [0.5, 0.6) is 11.5 Å². The maximum absolute atomic E-state index is 12.7. The molecule has 4 rings (SSSR count). The largest absolute Gasteiger partial charge is 0.497 e. The number of benzene rings is 2. The fourth-order valence-corrected chi connectivity index (χ4v) is 4.11. The van der Waals surface area contributed by atoms with Gasteiger partial charge in [0.2, 0.25) is 5.91 Å². The first-order valence-electron chi connectivity index (χ1n) is 11.2. The molecule has 1 aliphatic rings. The van der Waals surface area contributed by atoms with Crippen LogP contribution in [0.1, 0.15) is 29.8 Å². The number of likely N-dealkylation sites (tertiary alicyclic amines) is 1. The highest BCUT2D eigenvalue weighted by molar-refractivity contribution is 5.78. The molecular weight excluding hydrogens is 420 g/mol. The van der Waals surface area contributed by atoms with Gasteiger partial charge in [0.25, 0.3) is 5.89 Å². The molecule has 33 heavy (non-hydrogen) atoms. The van der Waals surface area contributed by atoms with Crippen molar-refractivity contribution in [2.24, 2.45) is 5.92 Å². The third-order valence-electron chi connectivity index (χ3n) is 6.00. The second-order valence-electron chi connectivity index (χ2n) is 8.33. The van der Waals surface area contributed by atoms with Gasteiger partial charge >= 0.3 is 0 Å². The van der Waals surface area contributed by atoms with Gasteiger partial charge in [-0.25, -0.2) is 0 Å². The number of aryl methyl sites for hydroxylation is 1. The van der Waals surface area contributed by atoms with E-state index in [0.29, 0.717) is 24.8 Å². The fraction of sp³-hybridized carbons (Fsp3) is 0.400. The topological polar surface area (TPSA) is 89.7 Å². The normalized spacial score (nSPS) is 14.8. The van der Waals surface area contributed by atoms with Crippen LogP contribution in [0.4, 0.5) is 0 Å². The quantitative estimate of drug-likeness (QED) is 0.561. The third kappa shape index (κ3) is 5.70. The van der Waals surface area contributed by atoms with Crippen LogP contribution >= 0.6 is 0 Å². The van der Waals surface area contributed by atoms with Crippen molar-refractivity contribution >= 4 is 5.91 Å². The van der Waals surface area contributed by atoms with Gasteiger partial charge in [0.15, 0.2) is 5.82 Å². The average molecular weight is 451 g/mol. The van der Waals surface area contributed by atoms with E-state index in [1.54, 1.807) is 14.2 Å². The van der Waals surface area contributed by atoms with Crippen LogP contribution in [-0.2, 0) is 17.9 Å². The predicted octanol–water partition coefficient (Wildman–Crippen LogP) is 3.59. The standard InChI is InChI=1S/C25H30N4O4/c1-17-5-4-6-19(13-17)25-27-23(28-33-25)16-29-11-9-18(10-12-29)24(30)26-15-20-14-21(31-2)7-8-22(20)32-3/h4-8,13-14,18H,9-12,15-16H2,1-3H3,(H,26,30). The molecule has 0 radical (unpaired) electrons. The highest BCUT2D eigenvalue weighted by atomic mass is 16.5. The number of carbonyl (C=O) groups excluding carboxylic acids is 1. The molecule has 0 spiro atoms. The zero-order chi connectivity index (χ0) is 23.2. The fourth-order valence-electron chi connectivity index (χ4n) is 4.11. The minimum Gasteiger partial charge on any atom is -0.497 e. The lowest BCUT2D eigenvalue weighted by Crippen LogP contribution is -2.40. The number of methoxy groups -OCH3 is 2. The third-order valence-corrected chi connectivity index (χ3v) is 6.00. The lowest BCUT2D eigenvalue weighted by atomic mass is 9.96. The van der Waals surface area contributed by atoms with Gasteiger partial charge in [0, 0.05) is 23.6 Å². The molecule has 2 aromatic carbocycles. The van der Waals surface area contributed by atoms with E-state index in [2.05, 4.69) is 20.4 Å². The molecule has 0 atom stereocenters. The van der Waals surface area contributed by atoms with Crippen LogP contribution in [0.3, 0.4) is 0 Å². The number of ether oxygens (including phenoxy) is 2. The number of amides is 1. The number of hydrogen-bond donors (Lipinski definition) is 1. The van der Waals surface area contributed by atoms with Gasteiger partial charge in [-0.3, -0.25) is 9.69 Å². The molecule has 0 saturated carbocycles. The molecule has 2 heterocycles. The summed E-state index contributed by atoms with van der Waals surface area (Å²) in [5.74, 6) is 2.73. The van der Waals surface area contributed by atoms with E-state index in [1.807, 2.05) is 49.4 Å². The number of hydrogen-bond acceptors (Lipinski definition) is 7. The van der Waals surface area contributed by atoms with Crippen molar-refractivity contribution in [1.82, 2.24) is 20.4 Å². The van der Waals surface area contributed by atoms with Crippen molar-refractivity contribution in [2.45, 2.75) is 32.9 Å². The van der Waals surface area contributed by atoms with E-state index in [4.69, 9.17) is 14.0 Å². The molecule has 1 N–H and O–H groups in total. The van der Waals surface area contributed by atoms with Gasteiger partial charge < -0.3 is 19.3 Å². The number of aromatic nitrogens is 2. The van der Waals surface area contributed by atoms with Crippen molar-refractivity contribution in [2.75, 3.05) is 27.3 Å². The average Bonchev–Trinajstić information content (AvgIpc) is 3.31. The van der Waals surface area contributed by atoms with E-state index in [0.717, 1.165) is 54.1 Å². The first-order valence-corrected chi connectivity index (χ1v) is 11.2. The molecule has 3 aromatic rings. The Bertz CT molecular complexity index is 1090. The second-order valence-corrected chi connectivity index (χ2v) is 8.33. The summed E-state index contributed by atoms with van der Waals surface area (Å²) in [4.78, 5) is 19.5. The number of nitrogens with zero attached hydrogens (tertiary/aromatic N) is 3. The van der Waals surface area contributed by atoms with Crippen LogP contribution in [0.25, 0.3) is 11.5 Å².